The van der Waals surface area contributed by atoms with E-state index < -0.39 is 0 Å². The lowest BCUT2D eigenvalue weighted by atomic mass is 10.3. The Hall–Kier alpha value is -0.370. The van der Waals surface area contributed by atoms with Crippen LogP contribution in [-0.4, -0.2) is 12.4 Å². The van der Waals surface area contributed by atoms with Crippen LogP contribution in [0.25, 0.3) is 0 Å². The van der Waals surface area contributed by atoms with Crippen molar-refractivity contribution >= 4 is 40.5 Å². The van der Waals surface area contributed by atoms with Crippen molar-refractivity contribution in [2.45, 2.75) is 0 Å². The molecule has 1 aromatic carbocycles. The van der Waals surface area contributed by atoms with Gasteiger partial charge in [-0.05, 0) is 18.2 Å². The quantitative estimate of drug-likeness (QED) is 0.624. The van der Waals surface area contributed by atoms with Crippen molar-refractivity contribution in [3.8, 4) is 0 Å². The summed E-state index contributed by atoms with van der Waals surface area (Å²) in [5.74, 6) is 0.526. The average Bonchev–Trinajstić information content (AvgIpc) is 2.11. The molecule has 1 N–H and O–H groups in total. The monoisotopic (exact) mass is 249 g/mol. The summed E-state index contributed by atoms with van der Waals surface area (Å²) in [6.45, 7) is 0.712. The van der Waals surface area contributed by atoms with Gasteiger partial charge in [0.1, 0.15) is 0 Å². The average molecular weight is 251 g/mol. The summed E-state index contributed by atoms with van der Waals surface area (Å²) in [6, 6.07) is 5.34. The summed E-state index contributed by atoms with van der Waals surface area (Å²) < 4.78 is 0. The van der Waals surface area contributed by atoms with Crippen LogP contribution in [0, 0.1) is 0 Å². The molecule has 0 aliphatic rings. The van der Waals surface area contributed by atoms with Gasteiger partial charge in [-0.1, -0.05) is 35.4 Å². The maximum absolute atomic E-state index is 5.83. The number of benzene rings is 1. The molecule has 1 aromatic rings. The van der Waals surface area contributed by atoms with E-state index in [4.69, 9.17) is 34.8 Å². The number of hydrogen-bond acceptors (Lipinski definition) is 1. The second-order valence-corrected chi connectivity index (χ2v) is 3.85. The molecule has 0 radical (unpaired) electrons. The van der Waals surface area contributed by atoms with Gasteiger partial charge >= 0.3 is 0 Å². The van der Waals surface area contributed by atoms with Crippen molar-refractivity contribution in [3.05, 3.63) is 40.4 Å². The summed E-state index contributed by atoms with van der Waals surface area (Å²) in [6.07, 6.45) is 3.82. The molecule has 0 aliphatic heterocycles. The maximum Gasteiger partial charge on any atom is 0.0441 e. The molecule has 0 aromatic heterocycles. The summed E-state index contributed by atoms with van der Waals surface area (Å²) in [5.41, 5.74) is 0.904. The highest BCUT2D eigenvalue weighted by atomic mass is 35.5. The first-order chi connectivity index (χ1) is 6.72. The Bertz CT molecular complexity index is 303. The Labute approximate surface area is 98.7 Å². The minimum absolute atomic E-state index is 0.526. The van der Waals surface area contributed by atoms with Crippen LogP contribution in [0.5, 0.6) is 0 Å². The van der Waals surface area contributed by atoms with Gasteiger partial charge < -0.3 is 5.32 Å². The molecule has 0 amide bonds. The number of nitrogens with one attached hydrogen (secondary N) is 1. The van der Waals surface area contributed by atoms with Gasteiger partial charge in [-0.3, -0.25) is 0 Å². The van der Waals surface area contributed by atoms with E-state index in [9.17, 15) is 0 Å². The normalized spacial score (nSPS) is 10.8. The van der Waals surface area contributed by atoms with Gasteiger partial charge in [-0.25, -0.2) is 0 Å². The van der Waals surface area contributed by atoms with Crippen LogP contribution >= 0.6 is 34.8 Å². The highest BCUT2D eigenvalue weighted by molar-refractivity contribution is 6.35. The van der Waals surface area contributed by atoms with Crippen molar-refractivity contribution in [2.24, 2.45) is 0 Å². The second kappa shape index (κ2) is 6.18. The van der Waals surface area contributed by atoms with E-state index in [1.54, 1.807) is 6.07 Å². The highest BCUT2D eigenvalue weighted by Crippen LogP contribution is 2.22. The molecule has 4 heteroatoms. The van der Waals surface area contributed by atoms with Gasteiger partial charge in [0.15, 0.2) is 0 Å². The van der Waals surface area contributed by atoms with Crippen molar-refractivity contribution in [1.82, 2.24) is 0 Å². The Morgan fingerprint density at radius 3 is 2.29 bits per heavy atom. The van der Waals surface area contributed by atoms with Crippen LogP contribution in [0.3, 0.4) is 0 Å². The highest BCUT2D eigenvalue weighted by Gasteiger charge is 1.95. The Morgan fingerprint density at radius 1 is 1.07 bits per heavy atom. The van der Waals surface area contributed by atoms with Crippen LogP contribution in [0.2, 0.25) is 10.0 Å². The molecule has 0 atom stereocenters. The van der Waals surface area contributed by atoms with E-state index in [2.05, 4.69) is 5.32 Å². The first-order valence-corrected chi connectivity index (χ1v) is 5.42. The number of alkyl halides is 1. The Balaban J connectivity index is 2.54. The summed E-state index contributed by atoms with van der Waals surface area (Å²) in [5, 5.41) is 4.40. The molecule has 0 saturated carbocycles. The first kappa shape index (κ1) is 11.7. The molecule has 0 bridgehead atoms. The van der Waals surface area contributed by atoms with Gasteiger partial charge in [-0.15, -0.1) is 11.6 Å². The van der Waals surface area contributed by atoms with Crippen LogP contribution in [0.1, 0.15) is 0 Å². The third-order valence-electron chi connectivity index (χ3n) is 1.54. The first-order valence-electron chi connectivity index (χ1n) is 4.13. The largest absolute Gasteiger partial charge is 0.381 e. The summed E-state index contributed by atoms with van der Waals surface area (Å²) in [7, 11) is 0. The molecule has 1 rings (SSSR count). The number of hydrogen-bond donors (Lipinski definition) is 1. The predicted molar refractivity (Wildman–Crippen MR) is 64.8 cm³/mol. The fraction of sp³-hybridized carbons (Fsp3) is 0.200. The summed E-state index contributed by atoms with van der Waals surface area (Å²) in [4.78, 5) is 0. The van der Waals surface area contributed by atoms with E-state index in [1.165, 1.54) is 0 Å². The van der Waals surface area contributed by atoms with Crippen LogP contribution in [-0.2, 0) is 0 Å². The lowest BCUT2D eigenvalue weighted by Crippen LogP contribution is -1.97. The van der Waals surface area contributed by atoms with Crippen LogP contribution in [0.4, 0.5) is 5.69 Å². The van der Waals surface area contributed by atoms with Gasteiger partial charge in [0, 0.05) is 28.2 Å². The SMILES string of the molecule is ClC/C=C/CNc1cc(Cl)cc(Cl)c1. The Morgan fingerprint density at radius 2 is 1.71 bits per heavy atom. The lowest BCUT2D eigenvalue weighted by molar-refractivity contribution is 1.33. The zero-order valence-electron chi connectivity index (χ0n) is 7.43. The maximum atomic E-state index is 5.83. The predicted octanol–water partition coefficient (Wildman–Crippen LogP) is 4.20. The van der Waals surface area contributed by atoms with Crippen LogP contribution < -0.4 is 5.32 Å². The molecular weight excluding hydrogens is 240 g/mol. The standard InChI is InChI=1S/C10H10Cl3N/c11-3-1-2-4-14-10-6-8(12)5-9(13)7-10/h1-2,5-7,14H,3-4H2/b2-1+. The molecule has 0 spiro atoms. The fourth-order valence-electron chi connectivity index (χ4n) is 0.979. The van der Waals surface area contributed by atoms with Gasteiger partial charge in [0.2, 0.25) is 0 Å². The minimum atomic E-state index is 0.526. The molecule has 0 heterocycles. The number of anilines is 1. The van der Waals surface area contributed by atoms with E-state index in [1.807, 2.05) is 24.3 Å². The van der Waals surface area contributed by atoms with E-state index in [0.29, 0.717) is 22.5 Å². The molecule has 0 unspecified atom stereocenters. The Kier molecular flexibility index (Phi) is 5.16. The third kappa shape index (κ3) is 4.23. The molecule has 14 heavy (non-hydrogen) atoms. The van der Waals surface area contributed by atoms with E-state index >= 15 is 0 Å². The zero-order chi connectivity index (χ0) is 10.4. The fourth-order valence-corrected chi connectivity index (χ4v) is 1.63. The van der Waals surface area contributed by atoms with E-state index in [-0.39, 0.29) is 0 Å². The van der Waals surface area contributed by atoms with Crippen molar-refractivity contribution in [3.63, 3.8) is 0 Å². The topological polar surface area (TPSA) is 12.0 Å². The second-order valence-electron chi connectivity index (χ2n) is 2.66. The van der Waals surface area contributed by atoms with Gasteiger partial charge in [0.25, 0.3) is 0 Å². The minimum Gasteiger partial charge on any atom is -0.381 e. The van der Waals surface area contributed by atoms with Gasteiger partial charge in [-0.2, -0.15) is 0 Å². The number of allylic oxidation sites excluding steroid dienone is 1. The van der Waals surface area contributed by atoms with Crippen molar-refractivity contribution in [2.75, 3.05) is 17.7 Å². The third-order valence-corrected chi connectivity index (χ3v) is 2.16. The molecule has 0 aliphatic carbocycles. The summed E-state index contributed by atoms with van der Waals surface area (Å²) >= 11 is 17.1. The smallest absolute Gasteiger partial charge is 0.0441 e. The molecular formula is C10H10Cl3N. The lowest BCUT2D eigenvalue weighted by Gasteiger charge is -2.04. The van der Waals surface area contributed by atoms with E-state index in [0.717, 1.165) is 5.69 Å². The number of rotatable bonds is 4. The van der Waals surface area contributed by atoms with Gasteiger partial charge in [0.05, 0.1) is 0 Å². The molecule has 0 saturated heterocycles. The van der Waals surface area contributed by atoms with Crippen molar-refractivity contribution in [1.29, 1.82) is 0 Å². The van der Waals surface area contributed by atoms with Crippen molar-refractivity contribution < 1.29 is 0 Å². The molecule has 76 valence electrons. The number of halogens is 3. The molecule has 1 nitrogen and oxygen atoms in total. The molecule has 0 fully saturated rings. The van der Waals surface area contributed by atoms with Crippen LogP contribution in [0.15, 0.2) is 30.4 Å². The zero-order valence-corrected chi connectivity index (χ0v) is 9.70.